The Labute approximate surface area is 146 Å². The maximum atomic E-state index is 11.4. The molecule has 136 valence electrons. The lowest BCUT2D eigenvalue weighted by Crippen LogP contribution is -2.24. The molecule has 0 saturated heterocycles. The predicted molar refractivity (Wildman–Crippen MR) is 98.4 cm³/mol. The normalized spacial score (nSPS) is 13.1. The molecule has 0 spiro atoms. The highest BCUT2D eigenvalue weighted by atomic mass is 32.2. The molecule has 0 radical (unpaired) electrons. The summed E-state index contributed by atoms with van der Waals surface area (Å²) in [6.45, 7) is 9.60. The highest BCUT2D eigenvalue weighted by molar-refractivity contribution is 7.90. The summed E-state index contributed by atoms with van der Waals surface area (Å²) in [6, 6.07) is 6.50. The van der Waals surface area contributed by atoms with Crippen LogP contribution in [0.3, 0.4) is 0 Å². The van der Waals surface area contributed by atoms with Crippen LogP contribution in [0, 0.1) is 0 Å². The molecule has 0 aromatic heterocycles. The number of sulfone groups is 1. The second-order valence-corrected chi connectivity index (χ2v) is 8.67. The molecular weight excluding hydrogens is 324 g/mol. The summed E-state index contributed by atoms with van der Waals surface area (Å²) >= 11 is 0. The summed E-state index contributed by atoms with van der Waals surface area (Å²) in [5.41, 5.74) is 1.22. The minimum atomic E-state index is -3.16. The third-order valence-electron chi connectivity index (χ3n) is 3.82. The number of allylic oxidation sites excluding steroid dienone is 1. The van der Waals surface area contributed by atoms with Gasteiger partial charge in [-0.25, -0.2) is 8.42 Å². The van der Waals surface area contributed by atoms with Crippen molar-refractivity contribution >= 4 is 9.84 Å². The molecule has 0 bridgehead atoms. The van der Waals surface area contributed by atoms with E-state index in [9.17, 15) is 8.42 Å². The van der Waals surface area contributed by atoms with Crippen LogP contribution in [0.25, 0.3) is 0 Å². The van der Waals surface area contributed by atoms with Crippen molar-refractivity contribution in [2.45, 2.75) is 57.5 Å². The minimum absolute atomic E-state index is 0.0626. The Morgan fingerprint density at radius 3 is 2.38 bits per heavy atom. The van der Waals surface area contributed by atoms with Gasteiger partial charge in [-0.15, -0.1) is 0 Å². The summed E-state index contributed by atoms with van der Waals surface area (Å²) in [5.74, 6) is 0.670. The molecule has 0 aliphatic rings. The van der Waals surface area contributed by atoms with E-state index in [2.05, 4.69) is 26.8 Å². The van der Waals surface area contributed by atoms with Crippen LogP contribution in [0.2, 0.25) is 0 Å². The quantitative estimate of drug-likeness (QED) is 0.584. The van der Waals surface area contributed by atoms with Crippen LogP contribution in [-0.2, 0) is 14.6 Å². The van der Waals surface area contributed by atoms with Crippen LogP contribution >= 0.6 is 0 Å². The number of benzene rings is 1. The number of hydrogen-bond donors (Lipinski definition) is 0. The first-order valence-corrected chi connectivity index (χ1v) is 10.3. The Hall–Kier alpha value is -1.33. The Balaban J connectivity index is 2.38. The van der Waals surface area contributed by atoms with E-state index in [1.54, 1.807) is 24.3 Å². The fourth-order valence-electron chi connectivity index (χ4n) is 2.42. The summed E-state index contributed by atoms with van der Waals surface area (Å²) < 4.78 is 34.1. The van der Waals surface area contributed by atoms with Gasteiger partial charge in [-0.1, -0.05) is 5.57 Å². The van der Waals surface area contributed by atoms with E-state index in [1.807, 2.05) is 6.92 Å². The van der Waals surface area contributed by atoms with Crippen molar-refractivity contribution in [1.29, 1.82) is 0 Å². The smallest absolute Gasteiger partial charge is 0.175 e. The van der Waals surface area contributed by atoms with E-state index in [0.29, 0.717) is 17.3 Å². The SMILES string of the molecule is CCOC(C)(C)CCCC(C)=CCOc1ccc(S(C)(=O)=O)cc1. The number of ether oxygens (including phenoxy) is 2. The van der Waals surface area contributed by atoms with E-state index in [1.165, 1.54) is 11.8 Å². The number of hydrogen-bond acceptors (Lipinski definition) is 4. The fourth-order valence-corrected chi connectivity index (χ4v) is 3.05. The molecule has 0 fully saturated rings. The molecule has 24 heavy (non-hydrogen) atoms. The van der Waals surface area contributed by atoms with E-state index in [-0.39, 0.29) is 5.60 Å². The molecule has 0 atom stereocenters. The molecular formula is C19H30O4S. The van der Waals surface area contributed by atoms with Crippen LogP contribution in [0.1, 0.15) is 47.0 Å². The Kier molecular flexibility index (Phi) is 7.97. The third-order valence-corrected chi connectivity index (χ3v) is 4.95. The average Bonchev–Trinajstić information content (AvgIpc) is 2.46. The fraction of sp³-hybridized carbons (Fsp3) is 0.579. The lowest BCUT2D eigenvalue weighted by molar-refractivity contribution is -0.0173. The standard InChI is InChI=1S/C19H30O4S/c1-6-23-19(3,4)14-7-8-16(2)13-15-22-17-9-11-18(12-10-17)24(5,20)21/h9-13H,6-8,14-15H2,1-5H3. The molecule has 0 unspecified atom stereocenters. The molecule has 4 nitrogen and oxygen atoms in total. The van der Waals surface area contributed by atoms with Gasteiger partial charge >= 0.3 is 0 Å². The van der Waals surface area contributed by atoms with Crippen molar-refractivity contribution in [3.63, 3.8) is 0 Å². The second kappa shape index (κ2) is 9.23. The van der Waals surface area contributed by atoms with Crippen molar-refractivity contribution in [3.8, 4) is 5.75 Å². The summed E-state index contributed by atoms with van der Waals surface area (Å²) in [6.07, 6.45) is 6.39. The van der Waals surface area contributed by atoms with E-state index in [4.69, 9.17) is 9.47 Å². The molecule has 0 N–H and O–H groups in total. The van der Waals surface area contributed by atoms with Crippen molar-refractivity contribution < 1.29 is 17.9 Å². The van der Waals surface area contributed by atoms with Crippen LogP contribution in [0.15, 0.2) is 40.8 Å². The maximum absolute atomic E-state index is 11.4. The van der Waals surface area contributed by atoms with Crippen LogP contribution in [0.5, 0.6) is 5.75 Å². The molecule has 0 aliphatic heterocycles. The Bertz CT molecular complexity index is 628. The zero-order chi connectivity index (χ0) is 18.2. The zero-order valence-corrected chi connectivity index (χ0v) is 16.3. The first-order chi connectivity index (χ1) is 11.1. The van der Waals surface area contributed by atoms with Crippen LogP contribution in [0.4, 0.5) is 0 Å². The van der Waals surface area contributed by atoms with Crippen molar-refractivity contribution in [1.82, 2.24) is 0 Å². The number of rotatable bonds is 10. The van der Waals surface area contributed by atoms with Gasteiger partial charge in [-0.05, 0) is 77.3 Å². The van der Waals surface area contributed by atoms with Gasteiger partial charge in [0.15, 0.2) is 9.84 Å². The first-order valence-electron chi connectivity index (χ1n) is 8.36. The third kappa shape index (κ3) is 7.97. The molecule has 0 amide bonds. The van der Waals surface area contributed by atoms with Crippen LogP contribution in [-0.4, -0.2) is 33.5 Å². The molecule has 1 rings (SSSR count). The topological polar surface area (TPSA) is 52.6 Å². The second-order valence-electron chi connectivity index (χ2n) is 6.65. The van der Waals surface area contributed by atoms with Gasteiger partial charge in [0.05, 0.1) is 10.5 Å². The zero-order valence-electron chi connectivity index (χ0n) is 15.5. The first kappa shape index (κ1) is 20.7. The van der Waals surface area contributed by atoms with Crippen molar-refractivity contribution in [3.05, 3.63) is 35.9 Å². The van der Waals surface area contributed by atoms with Gasteiger partial charge in [0, 0.05) is 12.9 Å². The van der Waals surface area contributed by atoms with Crippen molar-refractivity contribution in [2.24, 2.45) is 0 Å². The lowest BCUT2D eigenvalue weighted by atomic mass is 9.99. The van der Waals surface area contributed by atoms with E-state index >= 15 is 0 Å². The molecule has 0 saturated carbocycles. The maximum Gasteiger partial charge on any atom is 0.175 e. The molecule has 5 heteroatoms. The monoisotopic (exact) mass is 354 g/mol. The summed E-state index contributed by atoms with van der Waals surface area (Å²) in [5, 5.41) is 0. The largest absolute Gasteiger partial charge is 0.490 e. The molecule has 1 aromatic rings. The van der Waals surface area contributed by atoms with Gasteiger partial charge in [-0.3, -0.25) is 0 Å². The van der Waals surface area contributed by atoms with E-state index < -0.39 is 9.84 Å². The summed E-state index contributed by atoms with van der Waals surface area (Å²) in [7, 11) is -3.16. The highest BCUT2D eigenvalue weighted by Crippen LogP contribution is 2.20. The summed E-state index contributed by atoms with van der Waals surface area (Å²) in [4.78, 5) is 0.304. The Morgan fingerprint density at radius 1 is 1.21 bits per heavy atom. The van der Waals surface area contributed by atoms with Gasteiger partial charge in [0.2, 0.25) is 0 Å². The molecule has 1 aromatic carbocycles. The van der Waals surface area contributed by atoms with Gasteiger partial charge in [0.25, 0.3) is 0 Å². The molecule has 0 heterocycles. The lowest BCUT2D eigenvalue weighted by Gasteiger charge is -2.24. The van der Waals surface area contributed by atoms with Gasteiger partial charge in [-0.2, -0.15) is 0 Å². The van der Waals surface area contributed by atoms with Gasteiger partial charge in [0.1, 0.15) is 12.4 Å². The van der Waals surface area contributed by atoms with Crippen LogP contribution < -0.4 is 4.74 Å². The van der Waals surface area contributed by atoms with Crippen molar-refractivity contribution in [2.75, 3.05) is 19.5 Å². The minimum Gasteiger partial charge on any atom is -0.490 e. The average molecular weight is 355 g/mol. The van der Waals surface area contributed by atoms with E-state index in [0.717, 1.165) is 25.9 Å². The Morgan fingerprint density at radius 2 is 1.83 bits per heavy atom. The molecule has 0 aliphatic carbocycles. The van der Waals surface area contributed by atoms with Gasteiger partial charge < -0.3 is 9.47 Å². The predicted octanol–water partition coefficient (Wildman–Crippen LogP) is 4.40. The highest BCUT2D eigenvalue weighted by Gasteiger charge is 2.16.